The first kappa shape index (κ1) is 13.1. The van der Waals surface area contributed by atoms with Crippen LogP contribution in [0.2, 0.25) is 5.21 Å². The molecule has 1 radical (unpaired) electrons. The van der Waals surface area contributed by atoms with E-state index < -0.39 is 11.7 Å². The van der Waals surface area contributed by atoms with E-state index in [4.69, 9.17) is 0 Å². The molecule has 0 unspecified atom stereocenters. The van der Waals surface area contributed by atoms with Crippen LogP contribution in [-0.2, 0) is 11.4 Å². The first-order chi connectivity index (χ1) is 6.95. The van der Waals surface area contributed by atoms with Gasteiger partial charge in [-0.25, -0.2) is 0 Å². The summed E-state index contributed by atoms with van der Waals surface area (Å²) in [5, 5.41) is 1.84. The Labute approximate surface area is 102 Å². The van der Waals surface area contributed by atoms with Gasteiger partial charge in [0, 0.05) is 0 Å². The Kier molecular flexibility index (Phi) is 4.72. The molecule has 0 saturated carbocycles. The normalized spacial score (nSPS) is 12.6. The zero-order valence-corrected chi connectivity index (χ0v) is 11.6. The fraction of sp³-hybridized carbons (Fsp3) is 0.400. The van der Waals surface area contributed by atoms with Gasteiger partial charge in [0.2, 0.25) is 0 Å². The van der Waals surface area contributed by atoms with Crippen LogP contribution in [-0.4, -0.2) is 15.8 Å². The van der Waals surface area contributed by atoms with Gasteiger partial charge < -0.3 is 0 Å². The SMILES string of the molecule is CC[As]Cc1cc(C(F)(F)F)ccc1Br. The van der Waals surface area contributed by atoms with Gasteiger partial charge in [-0.05, 0) is 0 Å². The topological polar surface area (TPSA) is 0 Å². The van der Waals surface area contributed by atoms with Crippen LogP contribution in [0.25, 0.3) is 0 Å². The molecule has 0 N–H and O–H groups in total. The molecule has 0 atom stereocenters. The molecule has 0 nitrogen and oxygen atoms in total. The predicted octanol–water partition coefficient (Wildman–Crippen LogP) is 4.11. The molecule has 0 fully saturated rings. The minimum absolute atomic E-state index is 0.121. The van der Waals surface area contributed by atoms with Crippen molar-refractivity contribution in [1.29, 1.82) is 0 Å². The van der Waals surface area contributed by atoms with E-state index in [2.05, 4.69) is 22.9 Å². The van der Waals surface area contributed by atoms with Gasteiger partial charge >= 0.3 is 102 Å². The van der Waals surface area contributed by atoms with Crippen LogP contribution in [0.4, 0.5) is 13.2 Å². The van der Waals surface area contributed by atoms with Gasteiger partial charge in [0.25, 0.3) is 0 Å². The molecule has 5 heteroatoms. The van der Waals surface area contributed by atoms with E-state index in [0.717, 1.165) is 26.5 Å². The third-order valence-corrected chi connectivity index (χ3v) is 4.77. The first-order valence-electron chi connectivity index (χ1n) is 4.44. The van der Waals surface area contributed by atoms with Crippen molar-refractivity contribution in [3.8, 4) is 0 Å². The number of benzene rings is 1. The fourth-order valence-corrected chi connectivity index (χ4v) is 3.49. The van der Waals surface area contributed by atoms with Crippen molar-refractivity contribution >= 4 is 31.7 Å². The summed E-state index contributed by atoms with van der Waals surface area (Å²) < 4.78 is 38.0. The predicted molar refractivity (Wildman–Crippen MR) is 59.1 cm³/mol. The molecule has 0 aromatic heterocycles. The zero-order valence-electron chi connectivity index (χ0n) is 8.11. The molecule has 83 valence electrons. The Morgan fingerprint density at radius 1 is 1.33 bits per heavy atom. The molecule has 0 saturated heterocycles. The third-order valence-electron chi connectivity index (χ3n) is 1.88. The van der Waals surface area contributed by atoms with Crippen molar-refractivity contribution in [2.45, 2.75) is 23.5 Å². The maximum atomic E-state index is 12.4. The molecular weight excluding hydrogens is 332 g/mol. The molecule has 0 heterocycles. The van der Waals surface area contributed by atoms with Gasteiger partial charge in [0.15, 0.2) is 0 Å². The van der Waals surface area contributed by atoms with E-state index in [1.165, 1.54) is 12.1 Å². The summed E-state index contributed by atoms with van der Waals surface area (Å²) in [6.07, 6.45) is -4.24. The van der Waals surface area contributed by atoms with Crippen molar-refractivity contribution in [3.05, 3.63) is 33.8 Å². The zero-order chi connectivity index (χ0) is 11.5. The van der Waals surface area contributed by atoms with Crippen LogP contribution in [0.1, 0.15) is 18.1 Å². The summed E-state index contributed by atoms with van der Waals surface area (Å²) >= 11 is 3.40. The number of alkyl halides is 3. The Balaban J connectivity index is 2.95. The molecule has 0 spiro atoms. The van der Waals surface area contributed by atoms with Crippen molar-refractivity contribution in [1.82, 2.24) is 0 Å². The Hall–Kier alpha value is 0.0484. The second-order valence-electron chi connectivity index (χ2n) is 3.00. The molecule has 15 heavy (non-hydrogen) atoms. The molecule has 0 bridgehead atoms. The Morgan fingerprint density at radius 3 is 2.53 bits per heavy atom. The van der Waals surface area contributed by atoms with Gasteiger partial charge in [-0.1, -0.05) is 0 Å². The number of halogens is 4. The first-order valence-corrected chi connectivity index (χ1v) is 7.88. The van der Waals surface area contributed by atoms with E-state index in [1.807, 2.05) is 0 Å². The van der Waals surface area contributed by atoms with E-state index >= 15 is 0 Å². The maximum absolute atomic E-state index is 12.4. The average molecular weight is 342 g/mol. The van der Waals surface area contributed by atoms with Gasteiger partial charge in [-0.2, -0.15) is 0 Å². The summed E-state index contributed by atoms with van der Waals surface area (Å²) in [7, 11) is 0. The Morgan fingerprint density at radius 2 is 2.00 bits per heavy atom. The van der Waals surface area contributed by atoms with Crippen molar-refractivity contribution < 1.29 is 13.2 Å². The minimum atomic E-state index is -4.24. The van der Waals surface area contributed by atoms with Crippen LogP contribution < -0.4 is 0 Å². The van der Waals surface area contributed by atoms with Crippen molar-refractivity contribution in [3.63, 3.8) is 0 Å². The summed E-state index contributed by atoms with van der Waals surface area (Å²) in [5.41, 5.74) is 0.213. The van der Waals surface area contributed by atoms with Gasteiger partial charge in [-0.15, -0.1) is 0 Å². The molecule has 0 aliphatic rings. The quantitative estimate of drug-likeness (QED) is 0.726. The molecule has 0 aliphatic carbocycles. The summed E-state index contributed by atoms with van der Waals surface area (Å²) in [6, 6.07) is 3.83. The summed E-state index contributed by atoms with van der Waals surface area (Å²) in [4.78, 5) is 0. The average Bonchev–Trinajstić information content (AvgIpc) is 2.15. The number of rotatable bonds is 3. The molecule has 1 aromatic carbocycles. The fourth-order valence-electron chi connectivity index (χ4n) is 1.10. The number of hydrogen-bond donors (Lipinski definition) is 0. The van der Waals surface area contributed by atoms with E-state index in [0.29, 0.717) is 0 Å². The summed E-state index contributed by atoms with van der Waals surface area (Å²) in [5.74, 6) is 0. The molecule has 1 aromatic rings. The standard InChI is InChI=1S/C10H10AsBrF3/c1-2-11-6-7-5-8(10(13,14)15)3-4-9(7)12/h3-5H,2,6H2,1H3. The third kappa shape index (κ3) is 3.84. The second kappa shape index (κ2) is 5.40. The van der Waals surface area contributed by atoms with Crippen LogP contribution >= 0.6 is 15.9 Å². The Bertz CT molecular complexity index is 336. The molecule has 0 amide bonds. The van der Waals surface area contributed by atoms with Gasteiger partial charge in [0.05, 0.1) is 0 Å². The molecule has 1 rings (SSSR count). The van der Waals surface area contributed by atoms with Crippen LogP contribution in [0.3, 0.4) is 0 Å². The van der Waals surface area contributed by atoms with Gasteiger partial charge in [-0.3, -0.25) is 0 Å². The van der Waals surface area contributed by atoms with Gasteiger partial charge in [0.1, 0.15) is 0 Å². The second-order valence-corrected chi connectivity index (χ2v) is 6.78. The van der Waals surface area contributed by atoms with E-state index in [-0.39, 0.29) is 15.8 Å². The monoisotopic (exact) mass is 341 g/mol. The number of hydrogen-bond acceptors (Lipinski definition) is 0. The van der Waals surface area contributed by atoms with Crippen molar-refractivity contribution in [2.24, 2.45) is 0 Å². The van der Waals surface area contributed by atoms with Crippen LogP contribution in [0, 0.1) is 0 Å². The molecule has 0 aliphatic heterocycles. The van der Waals surface area contributed by atoms with Crippen LogP contribution in [0.5, 0.6) is 0 Å². The van der Waals surface area contributed by atoms with Crippen LogP contribution in [0.15, 0.2) is 22.7 Å². The van der Waals surface area contributed by atoms with Crippen molar-refractivity contribution in [2.75, 3.05) is 0 Å². The molecular formula is C10H10AsBrF3. The van der Waals surface area contributed by atoms with E-state index in [9.17, 15) is 13.2 Å². The van der Waals surface area contributed by atoms with E-state index in [1.54, 1.807) is 0 Å². The summed E-state index contributed by atoms with van der Waals surface area (Å²) in [6.45, 7) is 2.06.